The maximum Gasteiger partial charge on any atom is 0.166 e. The number of thiocarbonyl (C=S) groups is 1. The van der Waals surface area contributed by atoms with Crippen molar-refractivity contribution in [2.75, 3.05) is 0 Å². The van der Waals surface area contributed by atoms with Gasteiger partial charge in [-0.05, 0) is 86.4 Å². The molecule has 4 fully saturated rings. The highest BCUT2D eigenvalue weighted by molar-refractivity contribution is 7.80. The second-order valence-electron chi connectivity index (χ2n) is 8.31. The van der Waals surface area contributed by atoms with Crippen LogP contribution in [0.5, 0.6) is 0 Å². The van der Waals surface area contributed by atoms with E-state index < -0.39 is 0 Å². The first-order valence-electron chi connectivity index (χ1n) is 9.21. The van der Waals surface area contributed by atoms with Crippen molar-refractivity contribution in [2.24, 2.45) is 23.2 Å². The van der Waals surface area contributed by atoms with Crippen LogP contribution in [0.3, 0.4) is 0 Å². The number of benzene rings is 1. The molecule has 0 aliphatic heterocycles. The molecule has 0 saturated heterocycles. The summed E-state index contributed by atoms with van der Waals surface area (Å²) in [6.45, 7) is 3.17. The SMILES string of the molecule is C[C@H](NC(=S)NCc1ccccc1)C12CC3CC(CC(C3)C1)C2. The summed E-state index contributed by atoms with van der Waals surface area (Å²) in [5.41, 5.74) is 1.78. The Balaban J connectivity index is 1.34. The molecular formula is C20H28N2S. The molecule has 0 aromatic heterocycles. The van der Waals surface area contributed by atoms with E-state index >= 15 is 0 Å². The van der Waals surface area contributed by atoms with Crippen molar-refractivity contribution >= 4 is 17.3 Å². The normalized spacial score (nSPS) is 35.8. The summed E-state index contributed by atoms with van der Waals surface area (Å²) in [4.78, 5) is 0. The van der Waals surface area contributed by atoms with Crippen molar-refractivity contribution in [3.05, 3.63) is 35.9 Å². The molecule has 1 aromatic rings. The Morgan fingerprint density at radius 2 is 1.65 bits per heavy atom. The summed E-state index contributed by atoms with van der Waals surface area (Å²) < 4.78 is 0. The van der Waals surface area contributed by atoms with Crippen LogP contribution in [0, 0.1) is 23.2 Å². The summed E-state index contributed by atoms with van der Waals surface area (Å²) in [6.07, 6.45) is 8.78. The van der Waals surface area contributed by atoms with Crippen LogP contribution >= 0.6 is 12.2 Å². The number of hydrogen-bond donors (Lipinski definition) is 2. The molecule has 5 rings (SSSR count). The summed E-state index contributed by atoms with van der Waals surface area (Å²) in [5, 5.41) is 7.83. The predicted octanol–water partition coefficient (Wildman–Crippen LogP) is 4.26. The van der Waals surface area contributed by atoms with Crippen LogP contribution in [0.4, 0.5) is 0 Å². The van der Waals surface area contributed by atoms with E-state index in [2.05, 4.69) is 47.9 Å². The average Bonchev–Trinajstić information content (AvgIpc) is 2.52. The highest BCUT2D eigenvalue weighted by Crippen LogP contribution is 2.61. The van der Waals surface area contributed by atoms with Gasteiger partial charge in [0, 0.05) is 12.6 Å². The Kier molecular flexibility index (Phi) is 4.08. The van der Waals surface area contributed by atoms with Gasteiger partial charge < -0.3 is 10.6 Å². The summed E-state index contributed by atoms with van der Waals surface area (Å²) in [6, 6.07) is 11.0. The summed E-state index contributed by atoms with van der Waals surface area (Å²) in [7, 11) is 0. The highest BCUT2D eigenvalue weighted by atomic mass is 32.1. The predicted molar refractivity (Wildman–Crippen MR) is 99.1 cm³/mol. The summed E-state index contributed by atoms with van der Waals surface area (Å²) >= 11 is 5.56. The first-order valence-corrected chi connectivity index (χ1v) is 9.62. The minimum Gasteiger partial charge on any atom is -0.360 e. The first kappa shape index (κ1) is 15.4. The molecule has 0 heterocycles. The topological polar surface area (TPSA) is 24.1 Å². The molecule has 4 bridgehead atoms. The third kappa shape index (κ3) is 3.13. The molecule has 4 aliphatic carbocycles. The van der Waals surface area contributed by atoms with Gasteiger partial charge in [-0.15, -0.1) is 0 Å². The van der Waals surface area contributed by atoms with Gasteiger partial charge in [0.05, 0.1) is 0 Å². The average molecular weight is 329 g/mol. The van der Waals surface area contributed by atoms with E-state index in [-0.39, 0.29) is 0 Å². The van der Waals surface area contributed by atoms with Gasteiger partial charge in [0.15, 0.2) is 5.11 Å². The van der Waals surface area contributed by atoms with Crippen LogP contribution in [0.1, 0.15) is 51.0 Å². The highest BCUT2D eigenvalue weighted by Gasteiger charge is 2.53. The van der Waals surface area contributed by atoms with E-state index in [4.69, 9.17) is 12.2 Å². The Labute approximate surface area is 145 Å². The van der Waals surface area contributed by atoms with Crippen LogP contribution in [-0.2, 0) is 6.54 Å². The fourth-order valence-corrected chi connectivity index (χ4v) is 6.14. The Bertz CT molecular complexity index is 533. The van der Waals surface area contributed by atoms with Crippen LogP contribution in [-0.4, -0.2) is 11.2 Å². The lowest BCUT2D eigenvalue weighted by molar-refractivity contribution is -0.0672. The lowest BCUT2D eigenvalue weighted by atomic mass is 9.48. The van der Waals surface area contributed by atoms with Crippen LogP contribution in [0.2, 0.25) is 0 Å². The third-order valence-corrected chi connectivity index (χ3v) is 6.91. The largest absolute Gasteiger partial charge is 0.360 e. The van der Waals surface area contributed by atoms with Crippen molar-refractivity contribution in [1.82, 2.24) is 10.6 Å². The van der Waals surface area contributed by atoms with Gasteiger partial charge in [0.2, 0.25) is 0 Å². The lowest BCUT2D eigenvalue weighted by Crippen LogP contribution is -2.57. The van der Waals surface area contributed by atoms with E-state index in [1.165, 1.54) is 44.1 Å². The molecule has 4 aliphatic rings. The molecule has 0 unspecified atom stereocenters. The molecule has 1 aromatic carbocycles. The fourth-order valence-electron chi connectivity index (χ4n) is 5.89. The van der Waals surface area contributed by atoms with Gasteiger partial charge in [-0.1, -0.05) is 30.3 Å². The van der Waals surface area contributed by atoms with Crippen LogP contribution in [0.25, 0.3) is 0 Å². The molecule has 0 amide bonds. The zero-order chi connectivity index (χ0) is 15.9. The molecule has 0 radical (unpaired) electrons. The Morgan fingerprint density at radius 1 is 1.09 bits per heavy atom. The number of nitrogens with one attached hydrogen (secondary N) is 2. The van der Waals surface area contributed by atoms with Crippen molar-refractivity contribution in [3.8, 4) is 0 Å². The van der Waals surface area contributed by atoms with E-state index in [1.54, 1.807) is 0 Å². The van der Waals surface area contributed by atoms with Crippen molar-refractivity contribution in [3.63, 3.8) is 0 Å². The van der Waals surface area contributed by atoms with Crippen molar-refractivity contribution in [1.29, 1.82) is 0 Å². The van der Waals surface area contributed by atoms with Crippen molar-refractivity contribution in [2.45, 2.75) is 58.0 Å². The quantitative estimate of drug-likeness (QED) is 0.808. The number of hydrogen-bond acceptors (Lipinski definition) is 1. The zero-order valence-corrected chi connectivity index (χ0v) is 14.9. The van der Waals surface area contributed by atoms with E-state index in [0.717, 1.165) is 29.4 Å². The Morgan fingerprint density at radius 3 is 2.22 bits per heavy atom. The van der Waals surface area contributed by atoms with Gasteiger partial charge in [0.25, 0.3) is 0 Å². The minimum absolute atomic E-state index is 0.492. The van der Waals surface area contributed by atoms with Gasteiger partial charge in [-0.25, -0.2) is 0 Å². The van der Waals surface area contributed by atoms with Crippen LogP contribution < -0.4 is 10.6 Å². The molecule has 4 saturated carbocycles. The van der Waals surface area contributed by atoms with Gasteiger partial charge >= 0.3 is 0 Å². The molecule has 0 spiro atoms. The third-order valence-electron chi connectivity index (χ3n) is 6.65. The molecule has 2 nitrogen and oxygen atoms in total. The van der Waals surface area contributed by atoms with Gasteiger partial charge in [-0.3, -0.25) is 0 Å². The summed E-state index contributed by atoms with van der Waals surface area (Å²) in [5.74, 6) is 2.99. The van der Waals surface area contributed by atoms with E-state index in [1.807, 2.05) is 0 Å². The molecule has 2 N–H and O–H groups in total. The maximum atomic E-state index is 5.56. The molecule has 124 valence electrons. The maximum absolute atomic E-state index is 5.56. The monoisotopic (exact) mass is 328 g/mol. The van der Waals surface area contributed by atoms with Crippen LogP contribution in [0.15, 0.2) is 30.3 Å². The second kappa shape index (κ2) is 6.08. The van der Waals surface area contributed by atoms with Gasteiger partial charge in [-0.2, -0.15) is 0 Å². The standard InChI is InChI=1S/C20H28N2S/c1-14(22-19(23)21-13-15-5-3-2-4-6-15)20-10-16-7-17(11-20)9-18(8-16)12-20/h2-6,14,16-18H,7-13H2,1H3,(H2,21,22,23)/t14-,16?,17?,18?,20?/m0/s1. The number of rotatable bonds is 4. The molecule has 3 heteroatoms. The molecule has 23 heavy (non-hydrogen) atoms. The van der Waals surface area contributed by atoms with E-state index in [0.29, 0.717) is 11.5 Å². The first-order chi connectivity index (χ1) is 11.1. The second-order valence-corrected chi connectivity index (χ2v) is 8.72. The zero-order valence-electron chi connectivity index (χ0n) is 14.1. The van der Waals surface area contributed by atoms with E-state index in [9.17, 15) is 0 Å². The fraction of sp³-hybridized carbons (Fsp3) is 0.650. The van der Waals surface area contributed by atoms with Gasteiger partial charge in [0.1, 0.15) is 0 Å². The lowest BCUT2D eigenvalue weighted by Gasteiger charge is -2.59. The molecule has 1 atom stereocenters. The molecular weight excluding hydrogens is 300 g/mol. The van der Waals surface area contributed by atoms with Crippen molar-refractivity contribution < 1.29 is 0 Å². The smallest absolute Gasteiger partial charge is 0.166 e. The Hall–Kier alpha value is -1.09. The minimum atomic E-state index is 0.492.